The van der Waals surface area contributed by atoms with Gasteiger partial charge in [-0.1, -0.05) is 43.7 Å². The molecule has 0 atom stereocenters. The first-order valence-corrected chi connectivity index (χ1v) is 5.82. The van der Waals surface area contributed by atoms with Crippen molar-refractivity contribution in [3.63, 3.8) is 0 Å². The Bertz CT molecular complexity index is 291. The van der Waals surface area contributed by atoms with Gasteiger partial charge in [-0.3, -0.25) is 0 Å². The molecule has 1 rings (SSSR count). The maximum absolute atomic E-state index is 2.40. The first-order valence-electron chi connectivity index (χ1n) is 5.82. The van der Waals surface area contributed by atoms with Crippen LogP contribution in [0.5, 0.6) is 0 Å². The highest BCUT2D eigenvalue weighted by molar-refractivity contribution is 5.21. The van der Waals surface area contributed by atoms with Crippen LogP contribution in [-0.4, -0.2) is 18.5 Å². The molecule has 1 heteroatoms. The molecule has 1 aromatic rings. The average Bonchev–Trinajstić information content (AvgIpc) is 2.15. The third-order valence-electron chi connectivity index (χ3n) is 2.62. The predicted molar refractivity (Wildman–Crippen MR) is 67.0 cm³/mol. The van der Waals surface area contributed by atoms with Crippen LogP contribution in [0.25, 0.3) is 0 Å². The summed E-state index contributed by atoms with van der Waals surface area (Å²) in [6.45, 7) is 8.96. The smallest absolute Gasteiger partial charge is 0.0230 e. The lowest BCUT2D eigenvalue weighted by Crippen LogP contribution is -2.20. The topological polar surface area (TPSA) is 3.24 Å². The van der Waals surface area contributed by atoms with Crippen LogP contribution in [0.3, 0.4) is 0 Å². The molecule has 0 aliphatic heterocycles. The van der Waals surface area contributed by atoms with E-state index >= 15 is 0 Å². The van der Waals surface area contributed by atoms with Gasteiger partial charge in [0.2, 0.25) is 0 Å². The molecular weight excluding hydrogens is 182 g/mol. The van der Waals surface area contributed by atoms with Crippen molar-refractivity contribution in [1.82, 2.24) is 4.90 Å². The van der Waals surface area contributed by atoms with Crippen molar-refractivity contribution in [1.29, 1.82) is 0 Å². The van der Waals surface area contributed by atoms with Crippen LogP contribution < -0.4 is 0 Å². The van der Waals surface area contributed by atoms with Crippen molar-refractivity contribution >= 4 is 0 Å². The van der Waals surface area contributed by atoms with Gasteiger partial charge in [0.15, 0.2) is 0 Å². The fraction of sp³-hybridized carbons (Fsp3) is 0.571. The van der Waals surface area contributed by atoms with E-state index in [0.717, 1.165) is 12.5 Å². The number of benzene rings is 1. The summed E-state index contributed by atoms with van der Waals surface area (Å²) >= 11 is 0. The fourth-order valence-electron chi connectivity index (χ4n) is 1.68. The first kappa shape index (κ1) is 12.3. The van der Waals surface area contributed by atoms with Gasteiger partial charge in [0.05, 0.1) is 0 Å². The van der Waals surface area contributed by atoms with Gasteiger partial charge < -0.3 is 4.90 Å². The third kappa shape index (κ3) is 4.98. The summed E-state index contributed by atoms with van der Waals surface area (Å²) < 4.78 is 0. The van der Waals surface area contributed by atoms with E-state index < -0.39 is 0 Å². The van der Waals surface area contributed by atoms with Crippen molar-refractivity contribution in [3.8, 4) is 0 Å². The Morgan fingerprint density at radius 1 is 1.27 bits per heavy atom. The Hall–Kier alpha value is -0.820. The van der Waals surface area contributed by atoms with E-state index in [1.165, 1.54) is 24.1 Å². The van der Waals surface area contributed by atoms with Gasteiger partial charge in [-0.15, -0.1) is 0 Å². The zero-order chi connectivity index (χ0) is 11.3. The summed E-state index contributed by atoms with van der Waals surface area (Å²) in [5, 5.41) is 0. The van der Waals surface area contributed by atoms with Gasteiger partial charge in [0, 0.05) is 6.54 Å². The fourth-order valence-corrected chi connectivity index (χ4v) is 1.68. The molecule has 0 heterocycles. The molecule has 0 aliphatic rings. The summed E-state index contributed by atoms with van der Waals surface area (Å²) in [4.78, 5) is 2.40. The van der Waals surface area contributed by atoms with Gasteiger partial charge in [-0.25, -0.2) is 0 Å². The molecule has 1 aromatic carbocycles. The summed E-state index contributed by atoms with van der Waals surface area (Å²) in [5.41, 5.74) is 2.77. The second kappa shape index (κ2) is 5.92. The van der Waals surface area contributed by atoms with Crippen molar-refractivity contribution in [2.75, 3.05) is 13.6 Å². The molecule has 15 heavy (non-hydrogen) atoms. The van der Waals surface area contributed by atoms with E-state index in [1.807, 2.05) is 0 Å². The molecule has 0 spiro atoms. The zero-order valence-electron chi connectivity index (χ0n) is 10.5. The molecule has 0 unspecified atom stereocenters. The molecule has 84 valence electrons. The Balaban J connectivity index is 2.40. The van der Waals surface area contributed by atoms with E-state index in [-0.39, 0.29) is 0 Å². The van der Waals surface area contributed by atoms with Crippen LogP contribution >= 0.6 is 0 Å². The summed E-state index contributed by atoms with van der Waals surface area (Å²) in [5.74, 6) is 0.796. The zero-order valence-corrected chi connectivity index (χ0v) is 10.5. The molecule has 0 aliphatic carbocycles. The van der Waals surface area contributed by atoms with Crippen molar-refractivity contribution in [3.05, 3.63) is 35.4 Å². The van der Waals surface area contributed by atoms with Crippen molar-refractivity contribution in [2.24, 2.45) is 5.92 Å². The number of rotatable bonds is 5. The molecule has 0 fully saturated rings. The van der Waals surface area contributed by atoms with Gasteiger partial charge in [0.25, 0.3) is 0 Å². The maximum atomic E-state index is 2.40. The van der Waals surface area contributed by atoms with Crippen molar-refractivity contribution < 1.29 is 0 Å². The van der Waals surface area contributed by atoms with Crippen LogP contribution in [0.2, 0.25) is 0 Å². The van der Waals surface area contributed by atoms with E-state index in [1.54, 1.807) is 0 Å². The molecule has 0 radical (unpaired) electrons. The predicted octanol–water partition coefficient (Wildman–Crippen LogP) is 3.47. The van der Waals surface area contributed by atoms with Gasteiger partial charge in [-0.05, 0) is 38.4 Å². The minimum absolute atomic E-state index is 0.796. The van der Waals surface area contributed by atoms with Crippen LogP contribution in [0, 0.1) is 12.8 Å². The van der Waals surface area contributed by atoms with Crippen LogP contribution in [0.15, 0.2) is 24.3 Å². The summed E-state index contributed by atoms with van der Waals surface area (Å²) in [7, 11) is 2.20. The molecule has 1 nitrogen and oxygen atoms in total. The van der Waals surface area contributed by atoms with Crippen LogP contribution in [-0.2, 0) is 6.54 Å². The largest absolute Gasteiger partial charge is 0.302 e. The van der Waals surface area contributed by atoms with E-state index in [0.29, 0.717) is 0 Å². The highest BCUT2D eigenvalue weighted by Gasteiger charge is 2.01. The quantitative estimate of drug-likeness (QED) is 0.711. The molecule has 0 saturated carbocycles. The molecule has 0 bridgehead atoms. The molecule has 0 amide bonds. The normalized spacial score (nSPS) is 11.3. The SMILES string of the molecule is Cc1cccc(CN(C)CCC(C)C)c1. The Morgan fingerprint density at radius 3 is 2.60 bits per heavy atom. The molecule has 0 N–H and O–H groups in total. The number of hydrogen-bond donors (Lipinski definition) is 0. The highest BCUT2D eigenvalue weighted by atomic mass is 15.1. The molecule has 0 aromatic heterocycles. The Morgan fingerprint density at radius 2 is 2.00 bits per heavy atom. The Kier molecular flexibility index (Phi) is 4.83. The monoisotopic (exact) mass is 205 g/mol. The second-order valence-electron chi connectivity index (χ2n) is 4.91. The lowest BCUT2D eigenvalue weighted by atomic mass is 10.1. The van der Waals surface area contributed by atoms with Crippen molar-refractivity contribution in [2.45, 2.75) is 33.7 Å². The number of hydrogen-bond acceptors (Lipinski definition) is 1. The third-order valence-corrected chi connectivity index (χ3v) is 2.62. The van der Waals surface area contributed by atoms with E-state index in [2.05, 4.69) is 57.0 Å². The minimum atomic E-state index is 0.796. The Labute approximate surface area is 94.1 Å². The van der Waals surface area contributed by atoms with Gasteiger partial charge in [-0.2, -0.15) is 0 Å². The average molecular weight is 205 g/mol. The lowest BCUT2D eigenvalue weighted by molar-refractivity contribution is 0.303. The van der Waals surface area contributed by atoms with Gasteiger partial charge in [0.1, 0.15) is 0 Å². The van der Waals surface area contributed by atoms with E-state index in [4.69, 9.17) is 0 Å². The standard InChI is InChI=1S/C14H23N/c1-12(2)8-9-15(4)11-14-7-5-6-13(3)10-14/h5-7,10,12H,8-9,11H2,1-4H3. The molecular formula is C14H23N. The van der Waals surface area contributed by atoms with E-state index in [9.17, 15) is 0 Å². The number of aryl methyl sites for hydroxylation is 1. The van der Waals surface area contributed by atoms with Gasteiger partial charge >= 0.3 is 0 Å². The van der Waals surface area contributed by atoms with Crippen LogP contribution in [0.4, 0.5) is 0 Å². The first-order chi connectivity index (χ1) is 7.08. The second-order valence-corrected chi connectivity index (χ2v) is 4.91. The molecule has 0 saturated heterocycles. The lowest BCUT2D eigenvalue weighted by Gasteiger charge is -2.18. The maximum Gasteiger partial charge on any atom is 0.0230 e. The summed E-state index contributed by atoms with van der Waals surface area (Å²) in [6.07, 6.45) is 1.28. The minimum Gasteiger partial charge on any atom is -0.302 e. The van der Waals surface area contributed by atoms with Crippen LogP contribution in [0.1, 0.15) is 31.4 Å². The highest BCUT2D eigenvalue weighted by Crippen LogP contribution is 2.08. The summed E-state index contributed by atoms with van der Waals surface area (Å²) in [6, 6.07) is 8.77. The number of nitrogens with zero attached hydrogens (tertiary/aromatic N) is 1.